The van der Waals surface area contributed by atoms with Crippen LogP contribution in [0.5, 0.6) is 0 Å². The van der Waals surface area contributed by atoms with E-state index in [9.17, 15) is 0 Å². The van der Waals surface area contributed by atoms with Crippen LogP contribution < -0.4 is 16.7 Å². The van der Waals surface area contributed by atoms with Crippen molar-refractivity contribution in [1.82, 2.24) is 29.8 Å². The van der Waals surface area contributed by atoms with Gasteiger partial charge in [0, 0.05) is 18.0 Å². The standard InChI is InChI=1S/C21H20N10/c1-12(22)27-20(24)14(18(23)16-7-3-5-9-25-16)11-15-19(17-8-4-6-10-26-17)30-31-21(15)28-13(2)29-31/h3-11H,23H2,1-2H3,(H3,22,24,27)/b15-11-,18-14-. The van der Waals surface area contributed by atoms with Crippen molar-refractivity contribution in [2.24, 2.45) is 16.5 Å². The molecule has 4 heterocycles. The molecule has 0 radical (unpaired) electrons. The third-order valence-corrected chi connectivity index (χ3v) is 4.36. The third-order valence-electron chi connectivity index (χ3n) is 4.36. The molecule has 5 N–H and O–H groups in total. The molecule has 0 aliphatic carbocycles. The first kappa shape index (κ1) is 19.8. The Morgan fingerprint density at radius 1 is 1.06 bits per heavy atom. The molecule has 0 saturated carbocycles. The quantitative estimate of drug-likeness (QED) is 0.335. The lowest BCUT2D eigenvalue weighted by molar-refractivity contribution is 0.808. The molecule has 0 unspecified atom stereocenters. The second-order valence-electron chi connectivity index (χ2n) is 6.74. The first-order chi connectivity index (χ1) is 14.9. The summed E-state index contributed by atoms with van der Waals surface area (Å²) in [5, 5.41) is 18.0. The number of hydrogen-bond acceptors (Lipinski definition) is 7. The maximum atomic E-state index is 8.50. The number of rotatable bonds is 4. The normalized spacial score (nSPS) is 13.5. The van der Waals surface area contributed by atoms with Crippen LogP contribution in [0.15, 0.2) is 59.4 Å². The van der Waals surface area contributed by atoms with E-state index in [0.29, 0.717) is 39.3 Å². The molecule has 4 aromatic heterocycles. The van der Waals surface area contributed by atoms with Gasteiger partial charge in [-0.2, -0.15) is 0 Å². The molecule has 154 valence electrons. The third kappa shape index (κ3) is 3.99. The first-order valence-corrected chi connectivity index (χ1v) is 9.41. The van der Waals surface area contributed by atoms with Crippen molar-refractivity contribution in [1.29, 1.82) is 5.41 Å². The van der Waals surface area contributed by atoms with Gasteiger partial charge in [0.15, 0.2) is 11.5 Å². The lowest BCUT2D eigenvalue weighted by Crippen LogP contribution is -2.15. The molecule has 4 rings (SSSR count). The van der Waals surface area contributed by atoms with Crippen LogP contribution >= 0.6 is 0 Å². The van der Waals surface area contributed by atoms with Gasteiger partial charge in [0.2, 0.25) is 0 Å². The van der Waals surface area contributed by atoms with Crippen molar-refractivity contribution < 1.29 is 0 Å². The van der Waals surface area contributed by atoms with Crippen molar-refractivity contribution in [3.8, 4) is 11.4 Å². The minimum atomic E-state index is -0.106. The molecule has 31 heavy (non-hydrogen) atoms. The lowest BCUT2D eigenvalue weighted by Gasteiger charge is -2.07. The van der Waals surface area contributed by atoms with Crippen LogP contribution in [0, 0.1) is 12.3 Å². The van der Waals surface area contributed by atoms with Crippen molar-refractivity contribution in [2.45, 2.75) is 13.8 Å². The highest BCUT2D eigenvalue weighted by atomic mass is 15.5. The van der Waals surface area contributed by atoms with Crippen LogP contribution in [0.4, 0.5) is 0 Å². The molecule has 4 aromatic rings. The lowest BCUT2D eigenvalue weighted by atomic mass is 10.1. The van der Waals surface area contributed by atoms with E-state index in [1.54, 1.807) is 44.4 Å². The van der Waals surface area contributed by atoms with E-state index in [-0.39, 0.29) is 17.4 Å². The summed E-state index contributed by atoms with van der Waals surface area (Å²) in [7, 11) is 0. The summed E-state index contributed by atoms with van der Waals surface area (Å²) in [5.74, 6) is 0.698. The monoisotopic (exact) mass is 412 g/mol. The van der Waals surface area contributed by atoms with Gasteiger partial charge in [-0.1, -0.05) is 12.1 Å². The number of nitrogens with zero attached hydrogens (tertiary/aromatic N) is 7. The number of hydrogen-bond donors (Lipinski definition) is 3. The van der Waals surface area contributed by atoms with E-state index in [2.05, 4.69) is 30.1 Å². The molecule has 0 aromatic carbocycles. The number of fused-ring (bicyclic) bond motifs is 1. The largest absolute Gasteiger partial charge is 0.396 e. The highest BCUT2D eigenvalue weighted by Gasteiger charge is 2.17. The Morgan fingerprint density at radius 3 is 2.45 bits per heavy atom. The van der Waals surface area contributed by atoms with Crippen molar-refractivity contribution in [2.75, 3.05) is 0 Å². The highest BCUT2D eigenvalue weighted by molar-refractivity contribution is 6.13. The molecule has 10 heteroatoms. The fourth-order valence-electron chi connectivity index (χ4n) is 3.04. The zero-order valence-electron chi connectivity index (χ0n) is 17.0. The molecule has 0 amide bonds. The van der Waals surface area contributed by atoms with Gasteiger partial charge >= 0.3 is 0 Å². The Kier molecular flexibility index (Phi) is 5.19. The number of pyridine rings is 2. The van der Waals surface area contributed by atoms with Gasteiger partial charge in [-0.15, -0.1) is 14.8 Å². The van der Waals surface area contributed by atoms with E-state index in [1.165, 1.54) is 4.63 Å². The van der Waals surface area contributed by atoms with Crippen LogP contribution in [0.1, 0.15) is 18.4 Å². The SMILES string of the molecule is CC(N)=NC(=N)C(/C=c1/c(-c2ccccn2)nn2nc(C)nc12)=C(\N)c1ccccn1. The van der Waals surface area contributed by atoms with Gasteiger partial charge in [-0.3, -0.25) is 15.4 Å². The van der Waals surface area contributed by atoms with Gasteiger partial charge < -0.3 is 11.5 Å². The van der Waals surface area contributed by atoms with E-state index in [0.717, 1.165) is 0 Å². The first-order valence-electron chi connectivity index (χ1n) is 9.41. The smallest absolute Gasteiger partial charge is 0.185 e. The predicted molar refractivity (Wildman–Crippen MR) is 119 cm³/mol. The molecular formula is C21H20N10. The number of aromatic nitrogens is 6. The number of nitrogens with two attached hydrogens (primary N) is 2. The van der Waals surface area contributed by atoms with E-state index >= 15 is 0 Å². The number of aliphatic imine (C=N–C) groups is 1. The second-order valence-corrected chi connectivity index (χ2v) is 6.74. The topological polar surface area (TPSA) is 157 Å². The van der Waals surface area contributed by atoms with Gasteiger partial charge in [0.1, 0.15) is 11.5 Å². The molecular weight excluding hydrogens is 392 g/mol. The minimum absolute atomic E-state index is 0.106. The summed E-state index contributed by atoms with van der Waals surface area (Å²) in [6.45, 7) is 3.38. The van der Waals surface area contributed by atoms with Gasteiger partial charge in [0.25, 0.3) is 0 Å². The van der Waals surface area contributed by atoms with E-state index in [4.69, 9.17) is 16.9 Å². The Labute approximate surface area is 177 Å². The van der Waals surface area contributed by atoms with Crippen LogP contribution in [0.25, 0.3) is 28.8 Å². The average Bonchev–Trinajstić information content (AvgIpc) is 3.28. The Bertz CT molecular complexity index is 1360. The fraction of sp³-hybridized carbons (Fsp3) is 0.0952. The molecule has 10 nitrogen and oxygen atoms in total. The average molecular weight is 412 g/mol. The van der Waals surface area contributed by atoms with Crippen LogP contribution in [-0.2, 0) is 0 Å². The fourth-order valence-corrected chi connectivity index (χ4v) is 3.04. The maximum Gasteiger partial charge on any atom is 0.185 e. The summed E-state index contributed by atoms with van der Waals surface area (Å²) < 4.78 is 1.45. The van der Waals surface area contributed by atoms with Crippen molar-refractivity contribution >= 4 is 29.1 Å². The van der Waals surface area contributed by atoms with Gasteiger partial charge in [0.05, 0.1) is 28.1 Å². The zero-order chi connectivity index (χ0) is 22.0. The molecule has 0 atom stereocenters. The van der Waals surface area contributed by atoms with Crippen molar-refractivity contribution in [3.05, 3.63) is 71.1 Å². The van der Waals surface area contributed by atoms with Crippen LogP contribution in [0.3, 0.4) is 0 Å². The summed E-state index contributed by atoms with van der Waals surface area (Å²) in [4.78, 5) is 17.3. The summed E-state index contributed by atoms with van der Waals surface area (Å²) in [6.07, 6.45) is 5.02. The van der Waals surface area contributed by atoms with E-state index < -0.39 is 0 Å². The number of nitrogens with one attached hydrogen (secondary N) is 1. The number of amidine groups is 2. The molecule has 0 fully saturated rings. The van der Waals surface area contributed by atoms with Crippen LogP contribution in [0.2, 0.25) is 0 Å². The Balaban J connectivity index is 2.05. The minimum Gasteiger partial charge on any atom is -0.396 e. The van der Waals surface area contributed by atoms with Gasteiger partial charge in [-0.05, 0) is 44.2 Å². The van der Waals surface area contributed by atoms with Crippen LogP contribution in [-0.4, -0.2) is 41.5 Å². The van der Waals surface area contributed by atoms with Crippen molar-refractivity contribution in [3.63, 3.8) is 0 Å². The Morgan fingerprint density at radius 2 is 1.81 bits per heavy atom. The molecule has 0 spiro atoms. The summed E-state index contributed by atoms with van der Waals surface area (Å²) >= 11 is 0. The maximum absolute atomic E-state index is 8.50. The molecule has 0 saturated heterocycles. The van der Waals surface area contributed by atoms with E-state index in [1.807, 2.05) is 24.3 Å². The highest BCUT2D eigenvalue weighted by Crippen LogP contribution is 2.17. The summed E-state index contributed by atoms with van der Waals surface area (Å²) in [6, 6.07) is 10.9. The zero-order valence-corrected chi connectivity index (χ0v) is 17.0. The molecule has 0 aliphatic heterocycles. The molecule has 0 aliphatic rings. The number of aryl methyl sites for hydroxylation is 1. The van der Waals surface area contributed by atoms with Gasteiger partial charge in [-0.25, -0.2) is 9.98 Å². The second kappa shape index (κ2) is 8.11. The molecule has 0 bridgehead atoms. The Hall–Kier alpha value is -4.47. The predicted octanol–water partition coefficient (Wildman–Crippen LogP) is 1.11. The summed E-state index contributed by atoms with van der Waals surface area (Å²) in [5.41, 5.74) is 15.0.